The smallest absolute Gasteiger partial charge is 0.251 e. The fraction of sp³-hybridized carbons (Fsp3) is 0.294. The van der Waals surface area contributed by atoms with E-state index in [-0.39, 0.29) is 5.91 Å². The Kier molecular flexibility index (Phi) is 5.32. The molecule has 2 N–H and O–H groups in total. The van der Waals surface area contributed by atoms with E-state index in [0.29, 0.717) is 12.1 Å². The summed E-state index contributed by atoms with van der Waals surface area (Å²) < 4.78 is 0. The molecule has 21 heavy (non-hydrogen) atoms. The van der Waals surface area contributed by atoms with Crippen LogP contribution in [0.1, 0.15) is 35.0 Å². The third kappa shape index (κ3) is 4.60. The lowest BCUT2D eigenvalue weighted by molar-refractivity contribution is 0.0951. The molecule has 2 aromatic rings. The Bertz CT molecular complexity index is 576. The van der Waals surface area contributed by atoms with Crippen molar-refractivity contribution in [2.45, 2.75) is 26.8 Å². The molecule has 1 aromatic heterocycles. The van der Waals surface area contributed by atoms with Crippen molar-refractivity contribution >= 4 is 11.6 Å². The summed E-state index contributed by atoms with van der Waals surface area (Å²) in [6.07, 6.45) is 2.86. The highest BCUT2D eigenvalue weighted by Gasteiger charge is 2.05. The number of anilines is 1. The van der Waals surface area contributed by atoms with E-state index in [2.05, 4.69) is 22.5 Å². The number of benzene rings is 1. The number of rotatable bonds is 6. The van der Waals surface area contributed by atoms with Crippen LogP contribution in [0.2, 0.25) is 0 Å². The largest absolute Gasteiger partial charge is 0.385 e. The van der Waals surface area contributed by atoms with Gasteiger partial charge in [-0.25, -0.2) is 0 Å². The Balaban J connectivity index is 1.89. The van der Waals surface area contributed by atoms with E-state index >= 15 is 0 Å². The van der Waals surface area contributed by atoms with Crippen LogP contribution in [-0.4, -0.2) is 17.4 Å². The predicted molar refractivity (Wildman–Crippen MR) is 85.4 cm³/mol. The van der Waals surface area contributed by atoms with Crippen LogP contribution in [0.5, 0.6) is 0 Å². The van der Waals surface area contributed by atoms with Gasteiger partial charge in [0.15, 0.2) is 0 Å². The molecule has 0 spiro atoms. The summed E-state index contributed by atoms with van der Waals surface area (Å²) >= 11 is 0. The third-order valence-corrected chi connectivity index (χ3v) is 3.15. The van der Waals surface area contributed by atoms with Crippen LogP contribution in [0, 0.1) is 6.92 Å². The molecule has 0 fully saturated rings. The van der Waals surface area contributed by atoms with Crippen LogP contribution < -0.4 is 10.6 Å². The second-order valence-electron chi connectivity index (χ2n) is 4.99. The number of carbonyl (C=O) groups excluding carboxylic acids is 1. The van der Waals surface area contributed by atoms with E-state index in [9.17, 15) is 4.79 Å². The van der Waals surface area contributed by atoms with Gasteiger partial charge in [-0.3, -0.25) is 9.78 Å². The monoisotopic (exact) mass is 283 g/mol. The van der Waals surface area contributed by atoms with Crippen LogP contribution in [0.15, 0.2) is 42.6 Å². The molecule has 0 saturated heterocycles. The van der Waals surface area contributed by atoms with Crippen molar-refractivity contribution < 1.29 is 4.79 Å². The van der Waals surface area contributed by atoms with Gasteiger partial charge >= 0.3 is 0 Å². The summed E-state index contributed by atoms with van der Waals surface area (Å²) in [4.78, 5) is 16.3. The summed E-state index contributed by atoms with van der Waals surface area (Å²) in [6.45, 7) is 5.49. The Morgan fingerprint density at radius 3 is 2.52 bits per heavy atom. The molecule has 0 atom stereocenters. The molecule has 0 unspecified atom stereocenters. The zero-order valence-corrected chi connectivity index (χ0v) is 12.5. The van der Waals surface area contributed by atoms with Crippen LogP contribution in [-0.2, 0) is 6.54 Å². The highest BCUT2D eigenvalue weighted by atomic mass is 16.1. The number of nitrogens with one attached hydrogen (secondary N) is 2. The molecule has 2 rings (SSSR count). The van der Waals surface area contributed by atoms with E-state index in [1.165, 1.54) is 0 Å². The van der Waals surface area contributed by atoms with Gasteiger partial charge in [-0.05, 0) is 49.2 Å². The Morgan fingerprint density at radius 2 is 1.90 bits per heavy atom. The van der Waals surface area contributed by atoms with Crippen LogP contribution >= 0.6 is 0 Å². The van der Waals surface area contributed by atoms with Crippen LogP contribution in [0.3, 0.4) is 0 Å². The minimum atomic E-state index is -0.0717. The van der Waals surface area contributed by atoms with Gasteiger partial charge in [0.2, 0.25) is 0 Å². The minimum absolute atomic E-state index is 0.0717. The van der Waals surface area contributed by atoms with Gasteiger partial charge in [0.1, 0.15) is 0 Å². The highest BCUT2D eigenvalue weighted by molar-refractivity contribution is 5.94. The first kappa shape index (κ1) is 15.0. The van der Waals surface area contributed by atoms with Crippen molar-refractivity contribution in [1.82, 2.24) is 10.3 Å². The molecule has 0 aliphatic carbocycles. The number of nitrogens with zero attached hydrogens (tertiary/aromatic N) is 1. The normalized spacial score (nSPS) is 10.2. The quantitative estimate of drug-likeness (QED) is 0.856. The molecule has 1 aromatic carbocycles. The van der Waals surface area contributed by atoms with Crippen molar-refractivity contribution in [3.05, 3.63) is 59.4 Å². The molecule has 0 aliphatic heterocycles. The lowest BCUT2D eigenvalue weighted by Gasteiger charge is -2.07. The van der Waals surface area contributed by atoms with E-state index in [0.717, 1.165) is 29.9 Å². The molecule has 4 heteroatoms. The summed E-state index contributed by atoms with van der Waals surface area (Å²) in [5.74, 6) is -0.0717. The maximum absolute atomic E-state index is 12.1. The van der Waals surface area contributed by atoms with Crippen molar-refractivity contribution in [2.24, 2.45) is 0 Å². The minimum Gasteiger partial charge on any atom is -0.385 e. The second-order valence-corrected chi connectivity index (χ2v) is 4.99. The summed E-state index contributed by atoms with van der Waals surface area (Å²) in [6, 6.07) is 11.4. The first-order valence-electron chi connectivity index (χ1n) is 7.22. The average Bonchev–Trinajstić information content (AvgIpc) is 2.52. The molecule has 0 aliphatic rings. The molecule has 0 radical (unpaired) electrons. The number of hydrogen-bond acceptors (Lipinski definition) is 3. The van der Waals surface area contributed by atoms with Crippen LogP contribution in [0.25, 0.3) is 0 Å². The fourth-order valence-electron chi connectivity index (χ4n) is 1.90. The SMILES string of the molecule is CCCNc1ccc(C(=O)NCc2ccc(C)nc2)cc1. The van der Waals surface area contributed by atoms with Gasteiger partial charge in [0, 0.05) is 36.2 Å². The summed E-state index contributed by atoms with van der Waals surface area (Å²) in [7, 11) is 0. The maximum Gasteiger partial charge on any atom is 0.251 e. The summed E-state index contributed by atoms with van der Waals surface area (Å²) in [5, 5.41) is 6.18. The van der Waals surface area contributed by atoms with E-state index in [1.807, 2.05) is 43.3 Å². The predicted octanol–water partition coefficient (Wildman–Crippen LogP) is 3.14. The third-order valence-electron chi connectivity index (χ3n) is 3.15. The first-order valence-corrected chi connectivity index (χ1v) is 7.22. The number of aryl methyl sites for hydroxylation is 1. The Hall–Kier alpha value is -2.36. The standard InChI is InChI=1S/C17H21N3O/c1-3-10-18-16-8-6-15(7-9-16)17(21)20-12-14-5-4-13(2)19-11-14/h4-9,11,18H,3,10,12H2,1-2H3,(H,20,21). The van der Waals surface area contributed by atoms with Gasteiger partial charge in [0.05, 0.1) is 0 Å². The van der Waals surface area contributed by atoms with Gasteiger partial charge in [-0.2, -0.15) is 0 Å². The van der Waals surface area contributed by atoms with Gasteiger partial charge in [-0.1, -0.05) is 13.0 Å². The molecule has 0 saturated carbocycles. The number of carbonyl (C=O) groups is 1. The molecular weight excluding hydrogens is 262 g/mol. The number of pyridine rings is 1. The Labute approximate surface area is 125 Å². The van der Waals surface area contributed by atoms with Gasteiger partial charge in [-0.15, -0.1) is 0 Å². The molecule has 4 nitrogen and oxygen atoms in total. The van der Waals surface area contributed by atoms with Crippen molar-refractivity contribution in [3.63, 3.8) is 0 Å². The van der Waals surface area contributed by atoms with Gasteiger partial charge in [0.25, 0.3) is 5.91 Å². The molecule has 1 heterocycles. The topological polar surface area (TPSA) is 54.0 Å². The van der Waals surface area contributed by atoms with Crippen molar-refractivity contribution in [2.75, 3.05) is 11.9 Å². The average molecular weight is 283 g/mol. The van der Waals surface area contributed by atoms with Crippen molar-refractivity contribution in [3.8, 4) is 0 Å². The summed E-state index contributed by atoms with van der Waals surface area (Å²) in [5.41, 5.74) is 3.67. The number of aromatic nitrogens is 1. The maximum atomic E-state index is 12.1. The zero-order chi connectivity index (χ0) is 15.1. The van der Waals surface area contributed by atoms with E-state index in [1.54, 1.807) is 6.20 Å². The first-order chi connectivity index (χ1) is 10.2. The molecule has 0 bridgehead atoms. The molecular formula is C17H21N3O. The second kappa shape index (κ2) is 7.43. The number of amides is 1. The van der Waals surface area contributed by atoms with E-state index in [4.69, 9.17) is 0 Å². The molecule has 110 valence electrons. The number of hydrogen-bond donors (Lipinski definition) is 2. The molecule has 1 amide bonds. The van der Waals surface area contributed by atoms with Crippen molar-refractivity contribution in [1.29, 1.82) is 0 Å². The van der Waals surface area contributed by atoms with Gasteiger partial charge < -0.3 is 10.6 Å². The zero-order valence-electron chi connectivity index (χ0n) is 12.5. The lowest BCUT2D eigenvalue weighted by Crippen LogP contribution is -2.22. The van der Waals surface area contributed by atoms with E-state index < -0.39 is 0 Å². The fourth-order valence-corrected chi connectivity index (χ4v) is 1.90. The highest BCUT2D eigenvalue weighted by Crippen LogP contribution is 2.09. The Morgan fingerprint density at radius 1 is 1.14 bits per heavy atom. The van der Waals surface area contributed by atoms with Crippen LogP contribution in [0.4, 0.5) is 5.69 Å². The lowest BCUT2D eigenvalue weighted by atomic mass is 10.2.